The fourth-order valence-electron chi connectivity index (χ4n) is 10.5. The van der Waals surface area contributed by atoms with Crippen LogP contribution < -0.4 is 0 Å². The van der Waals surface area contributed by atoms with Crippen LogP contribution in [0.3, 0.4) is 0 Å². The molecular formula is C60H39N3. The molecule has 0 aliphatic carbocycles. The molecule has 0 radical (unpaired) electrons. The van der Waals surface area contributed by atoms with Gasteiger partial charge in [0.2, 0.25) is 0 Å². The van der Waals surface area contributed by atoms with Crippen molar-refractivity contribution in [2.45, 2.75) is 0 Å². The summed E-state index contributed by atoms with van der Waals surface area (Å²) in [6.45, 7) is 0. The van der Waals surface area contributed by atoms with Crippen molar-refractivity contribution in [3.05, 3.63) is 237 Å². The fraction of sp³-hybridized carbons (Fsp3) is 0. The summed E-state index contributed by atoms with van der Waals surface area (Å²) in [7, 11) is 0. The monoisotopic (exact) mass is 801 g/mol. The van der Waals surface area contributed by atoms with Crippen molar-refractivity contribution in [2.24, 2.45) is 0 Å². The van der Waals surface area contributed by atoms with Crippen molar-refractivity contribution in [3.8, 4) is 50.4 Å². The summed E-state index contributed by atoms with van der Waals surface area (Å²) >= 11 is 0. The number of para-hydroxylation sites is 6. The van der Waals surface area contributed by atoms with Crippen LogP contribution in [0.2, 0.25) is 0 Å². The van der Waals surface area contributed by atoms with Gasteiger partial charge in [0.1, 0.15) is 0 Å². The average molecular weight is 802 g/mol. The molecule has 13 rings (SSSR count). The van der Waals surface area contributed by atoms with Gasteiger partial charge in [0.05, 0.1) is 50.2 Å². The summed E-state index contributed by atoms with van der Waals surface area (Å²) in [5, 5.41) is 7.42. The molecular weight excluding hydrogens is 763 g/mol. The molecule has 3 aromatic heterocycles. The number of rotatable bonds is 6. The molecule has 3 heterocycles. The van der Waals surface area contributed by atoms with Gasteiger partial charge < -0.3 is 13.7 Å². The molecule has 0 aliphatic heterocycles. The van der Waals surface area contributed by atoms with Gasteiger partial charge in [-0.05, 0) is 65.2 Å². The number of aromatic nitrogens is 3. The van der Waals surface area contributed by atoms with Gasteiger partial charge in [-0.3, -0.25) is 0 Å². The first-order chi connectivity index (χ1) is 31.3. The number of benzene rings is 10. The van der Waals surface area contributed by atoms with Gasteiger partial charge in [0.25, 0.3) is 0 Å². The summed E-state index contributed by atoms with van der Waals surface area (Å²) in [5.74, 6) is 0. The Bertz CT molecular complexity index is 3900. The smallest absolute Gasteiger partial charge is 0.0641 e. The van der Waals surface area contributed by atoms with E-state index in [4.69, 9.17) is 0 Å². The Labute approximate surface area is 364 Å². The molecule has 0 atom stereocenters. The topological polar surface area (TPSA) is 14.8 Å². The van der Waals surface area contributed by atoms with Crippen molar-refractivity contribution in [1.29, 1.82) is 0 Å². The van der Waals surface area contributed by atoms with Gasteiger partial charge in [-0.2, -0.15) is 0 Å². The third kappa shape index (κ3) is 5.27. The minimum Gasteiger partial charge on any atom is -0.309 e. The van der Waals surface area contributed by atoms with E-state index in [0.29, 0.717) is 0 Å². The van der Waals surface area contributed by atoms with Crippen LogP contribution in [0.5, 0.6) is 0 Å². The van der Waals surface area contributed by atoms with E-state index in [1.807, 2.05) is 0 Å². The van der Waals surface area contributed by atoms with E-state index < -0.39 is 0 Å². The molecule has 0 aliphatic rings. The second-order valence-electron chi connectivity index (χ2n) is 16.4. The quantitative estimate of drug-likeness (QED) is 0.159. The number of fused-ring (bicyclic) bond motifs is 10. The first-order valence-corrected chi connectivity index (χ1v) is 21.7. The van der Waals surface area contributed by atoms with Crippen LogP contribution in [0.4, 0.5) is 0 Å². The highest BCUT2D eigenvalue weighted by atomic mass is 15.0. The molecule has 3 nitrogen and oxygen atoms in total. The molecule has 3 heteroatoms. The molecule has 63 heavy (non-hydrogen) atoms. The maximum atomic E-state index is 2.51. The van der Waals surface area contributed by atoms with Crippen LogP contribution in [-0.4, -0.2) is 13.7 Å². The van der Waals surface area contributed by atoms with Crippen LogP contribution in [0.25, 0.3) is 116 Å². The summed E-state index contributed by atoms with van der Waals surface area (Å²) in [4.78, 5) is 0. The molecule has 0 saturated carbocycles. The second kappa shape index (κ2) is 14.1. The van der Waals surface area contributed by atoms with E-state index in [1.54, 1.807) is 0 Å². The van der Waals surface area contributed by atoms with Gasteiger partial charge in [-0.1, -0.05) is 188 Å². The van der Waals surface area contributed by atoms with Crippen LogP contribution in [0.15, 0.2) is 237 Å². The van der Waals surface area contributed by atoms with E-state index in [-0.39, 0.29) is 0 Å². The largest absolute Gasteiger partial charge is 0.309 e. The maximum absolute atomic E-state index is 2.51. The van der Waals surface area contributed by atoms with Crippen molar-refractivity contribution in [2.75, 3.05) is 0 Å². The zero-order valence-corrected chi connectivity index (χ0v) is 34.4. The third-order valence-corrected chi connectivity index (χ3v) is 13.1. The van der Waals surface area contributed by atoms with Gasteiger partial charge in [0.15, 0.2) is 0 Å². The van der Waals surface area contributed by atoms with E-state index >= 15 is 0 Å². The van der Waals surface area contributed by atoms with Crippen LogP contribution >= 0.6 is 0 Å². The molecule has 0 amide bonds. The molecule has 0 unspecified atom stereocenters. The highest BCUT2D eigenvalue weighted by molar-refractivity contribution is 6.26. The minimum absolute atomic E-state index is 1.14. The second-order valence-corrected chi connectivity index (χ2v) is 16.4. The first kappa shape index (κ1) is 35.4. The standard InChI is InChI=1S/C60H39N3/c1-3-20-40(21-4-1)42-24-7-13-31-50(42)61-54-35-17-11-28-48(54)58-46(30-19-37-56(58)61)44-26-9-15-33-52(44)62-55-36-18-12-29-49(55)59-57(62)39-38-47-45-27-10-16-34-53(45)63(60(47)59)51-32-14-8-25-43(51)41-22-5-2-6-23-41/h1-39H. The minimum atomic E-state index is 1.14. The lowest BCUT2D eigenvalue weighted by atomic mass is 9.97. The summed E-state index contributed by atoms with van der Waals surface area (Å²) < 4.78 is 7.48. The Morgan fingerprint density at radius 2 is 0.603 bits per heavy atom. The van der Waals surface area contributed by atoms with Gasteiger partial charge in [-0.15, -0.1) is 0 Å². The van der Waals surface area contributed by atoms with E-state index in [1.165, 1.54) is 98.8 Å². The lowest BCUT2D eigenvalue weighted by Gasteiger charge is -2.16. The van der Waals surface area contributed by atoms with Crippen LogP contribution in [0, 0.1) is 0 Å². The highest BCUT2D eigenvalue weighted by Crippen LogP contribution is 2.46. The van der Waals surface area contributed by atoms with Gasteiger partial charge >= 0.3 is 0 Å². The number of nitrogens with zero attached hydrogens (tertiary/aromatic N) is 3. The molecule has 0 fully saturated rings. The van der Waals surface area contributed by atoms with Crippen molar-refractivity contribution in [1.82, 2.24) is 13.7 Å². The molecule has 13 aromatic rings. The van der Waals surface area contributed by atoms with Crippen molar-refractivity contribution >= 4 is 65.4 Å². The van der Waals surface area contributed by atoms with Crippen LogP contribution in [-0.2, 0) is 0 Å². The number of hydrogen-bond donors (Lipinski definition) is 0. The Morgan fingerprint density at radius 3 is 1.21 bits per heavy atom. The summed E-state index contributed by atoms with van der Waals surface area (Å²) in [6.07, 6.45) is 0. The molecule has 294 valence electrons. The van der Waals surface area contributed by atoms with Gasteiger partial charge in [-0.25, -0.2) is 0 Å². The molecule has 0 spiro atoms. The van der Waals surface area contributed by atoms with Crippen molar-refractivity contribution < 1.29 is 0 Å². The third-order valence-electron chi connectivity index (χ3n) is 13.1. The summed E-state index contributed by atoms with van der Waals surface area (Å²) in [6, 6.07) is 86.3. The molecule has 0 saturated heterocycles. The Kier molecular flexibility index (Phi) is 7.91. The predicted octanol–water partition coefficient (Wildman–Crippen LogP) is 16.0. The van der Waals surface area contributed by atoms with E-state index in [0.717, 1.165) is 17.1 Å². The average Bonchev–Trinajstić information content (AvgIpc) is 4.00. The Hall–Kier alpha value is -8.40. The Morgan fingerprint density at radius 1 is 0.206 bits per heavy atom. The normalized spacial score (nSPS) is 11.8. The molecule has 10 aromatic carbocycles. The Balaban J connectivity index is 1.11. The number of hydrogen-bond acceptors (Lipinski definition) is 0. The van der Waals surface area contributed by atoms with E-state index in [2.05, 4.69) is 250 Å². The highest BCUT2D eigenvalue weighted by Gasteiger charge is 2.24. The SMILES string of the molecule is c1ccc(-c2ccccc2-n2c3ccccc3c3c(-c4ccccc4-n4c5ccccc5c5c4ccc4c6ccccc6n(-c6ccccc6-c6ccccc6)c45)cccc32)cc1. The maximum Gasteiger partial charge on any atom is 0.0641 e. The predicted molar refractivity (Wildman–Crippen MR) is 266 cm³/mol. The zero-order chi connectivity index (χ0) is 41.4. The molecule has 0 bridgehead atoms. The fourth-order valence-corrected chi connectivity index (χ4v) is 10.5. The zero-order valence-electron chi connectivity index (χ0n) is 34.4. The molecule has 0 N–H and O–H groups in total. The summed E-state index contributed by atoms with van der Waals surface area (Å²) in [5.41, 5.74) is 17.8. The van der Waals surface area contributed by atoms with E-state index in [9.17, 15) is 0 Å². The lowest BCUT2D eigenvalue weighted by molar-refractivity contribution is 1.17. The van der Waals surface area contributed by atoms with Crippen molar-refractivity contribution in [3.63, 3.8) is 0 Å². The van der Waals surface area contributed by atoms with Crippen LogP contribution in [0.1, 0.15) is 0 Å². The van der Waals surface area contributed by atoms with Gasteiger partial charge in [0, 0.05) is 49.0 Å². The first-order valence-electron chi connectivity index (χ1n) is 21.7. The lowest BCUT2D eigenvalue weighted by Crippen LogP contribution is -1.99.